The molecule has 0 aliphatic carbocycles. The first-order chi connectivity index (χ1) is 19.1. The van der Waals surface area contributed by atoms with Gasteiger partial charge in [0.1, 0.15) is 17.8 Å². The van der Waals surface area contributed by atoms with Gasteiger partial charge in [0, 0.05) is 48.3 Å². The maximum Gasteiger partial charge on any atom is 0.410 e. The van der Waals surface area contributed by atoms with E-state index in [0.717, 1.165) is 39.4 Å². The van der Waals surface area contributed by atoms with Crippen molar-refractivity contribution in [3.8, 4) is 11.3 Å². The predicted molar refractivity (Wildman–Crippen MR) is 150 cm³/mol. The van der Waals surface area contributed by atoms with Crippen LogP contribution in [0.15, 0.2) is 53.8 Å². The van der Waals surface area contributed by atoms with E-state index in [1.807, 2.05) is 75.0 Å². The number of fused-ring (bicyclic) bond motifs is 2. The molecule has 1 aliphatic rings. The number of aryl methyl sites for hydroxylation is 1. The molecule has 1 fully saturated rings. The van der Waals surface area contributed by atoms with Crippen molar-refractivity contribution in [3.63, 3.8) is 0 Å². The van der Waals surface area contributed by atoms with Gasteiger partial charge in [0.05, 0.1) is 17.6 Å². The smallest absolute Gasteiger partial charge is 0.410 e. The Morgan fingerprint density at radius 1 is 1.15 bits per heavy atom. The van der Waals surface area contributed by atoms with Crippen LogP contribution in [-0.4, -0.2) is 64.0 Å². The summed E-state index contributed by atoms with van der Waals surface area (Å²) in [5.41, 5.74) is 3.75. The fraction of sp³-hybridized carbons (Fsp3) is 0.379. The Morgan fingerprint density at radius 2 is 1.95 bits per heavy atom. The van der Waals surface area contributed by atoms with Crippen molar-refractivity contribution < 1.29 is 9.53 Å². The highest BCUT2D eigenvalue weighted by Gasteiger charge is 2.28. The molecule has 4 aromatic heterocycles. The average Bonchev–Trinajstić information content (AvgIpc) is 3.57. The molecule has 40 heavy (non-hydrogen) atoms. The summed E-state index contributed by atoms with van der Waals surface area (Å²) in [6.07, 6.45) is 6.90. The molecular weight excluding hydrogens is 508 g/mol. The maximum atomic E-state index is 13.5. The Hall–Kier alpha value is -4.54. The maximum absolute atomic E-state index is 13.5. The first kappa shape index (κ1) is 25.7. The molecule has 1 aromatic carbocycles. The minimum atomic E-state index is -0.528. The molecule has 11 nitrogen and oxygen atoms in total. The van der Waals surface area contributed by atoms with Crippen LogP contribution in [0.3, 0.4) is 0 Å². The van der Waals surface area contributed by atoms with Crippen LogP contribution in [0.4, 0.5) is 4.79 Å². The first-order valence-corrected chi connectivity index (χ1v) is 13.5. The summed E-state index contributed by atoms with van der Waals surface area (Å²) in [6.45, 7) is 8.64. The summed E-state index contributed by atoms with van der Waals surface area (Å²) in [4.78, 5) is 36.6. The van der Waals surface area contributed by atoms with Gasteiger partial charge in [-0.05, 0) is 70.2 Å². The zero-order valence-corrected chi connectivity index (χ0v) is 23.1. The van der Waals surface area contributed by atoms with Crippen LogP contribution < -0.4 is 5.56 Å². The van der Waals surface area contributed by atoms with Gasteiger partial charge in [-0.1, -0.05) is 6.07 Å². The number of carbonyl (C=O) groups is 1. The SMILES string of the molecule is Cc1cn2nc(-c3ccc4c(=O)n(C5CCN(C(=O)OC(C)(C)C)CC5)ccc4c3)cc(Cc3ncn[nH]3)c2n1. The van der Waals surface area contributed by atoms with Crippen LogP contribution in [0.25, 0.3) is 27.7 Å². The lowest BCUT2D eigenvalue weighted by atomic mass is 10.0. The average molecular weight is 541 g/mol. The summed E-state index contributed by atoms with van der Waals surface area (Å²) >= 11 is 0. The Morgan fingerprint density at radius 3 is 2.67 bits per heavy atom. The van der Waals surface area contributed by atoms with E-state index in [2.05, 4.69) is 20.2 Å². The van der Waals surface area contributed by atoms with Gasteiger partial charge in [-0.25, -0.2) is 19.3 Å². The van der Waals surface area contributed by atoms with E-state index in [0.29, 0.717) is 37.7 Å². The Balaban J connectivity index is 1.27. The highest BCUT2D eigenvalue weighted by atomic mass is 16.6. The van der Waals surface area contributed by atoms with Crippen LogP contribution in [0.1, 0.15) is 56.7 Å². The third kappa shape index (κ3) is 5.06. The highest BCUT2D eigenvalue weighted by molar-refractivity contribution is 5.86. The number of likely N-dealkylation sites (tertiary alicyclic amines) is 1. The lowest BCUT2D eigenvalue weighted by Crippen LogP contribution is -2.43. The van der Waals surface area contributed by atoms with Crippen molar-refractivity contribution in [2.75, 3.05) is 13.1 Å². The minimum absolute atomic E-state index is 0.0283. The molecule has 11 heteroatoms. The van der Waals surface area contributed by atoms with Crippen molar-refractivity contribution in [1.82, 2.24) is 39.2 Å². The molecule has 1 saturated heterocycles. The Kier molecular flexibility index (Phi) is 6.36. The number of benzene rings is 1. The largest absolute Gasteiger partial charge is 0.444 e. The number of imidazole rings is 1. The van der Waals surface area contributed by atoms with E-state index in [1.165, 1.54) is 6.33 Å². The van der Waals surface area contributed by atoms with E-state index in [9.17, 15) is 9.59 Å². The normalized spacial score (nSPS) is 14.8. The van der Waals surface area contributed by atoms with Gasteiger partial charge in [0.15, 0.2) is 5.65 Å². The second-order valence-electron chi connectivity index (χ2n) is 11.3. The topological polar surface area (TPSA) is 123 Å². The number of nitrogens with zero attached hydrogens (tertiary/aromatic N) is 7. The van der Waals surface area contributed by atoms with Crippen LogP contribution >= 0.6 is 0 Å². The van der Waals surface area contributed by atoms with Gasteiger partial charge >= 0.3 is 6.09 Å². The van der Waals surface area contributed by atoms with Crippen LogP contribution in [0.5, 0.6) is 0 Å². The summed E-state index contributed by atoms with van der Waals surface area (Å²) < 4.78 is 9.11. The fourth-order valence-corrected chi connectivity index (χ4v) is 5.29. The molecule has 1 amide bonds. The molecule has 0 radical (unpaired) electrons. The quantitative estimate of drug-likeness (QED) is 0.360. The number of piperidine rings is 1. The van der Waals surface area contributed by atoms with Gasteiger partial charge in [0.2, 0.25) is 0 Å². The van der Waals surface area contributed by atoms with E-state index >= 15 is 0 Å². The number of hydrogen-bond donors (Lipinski definition) is 1. The molecule has 1 aliphatic heterocycles. The molecule has 0 saturated carbocycles. The van der Waals surface area contributed by atoms with Crippen LogP contribution in [0.2, 0.25) is 0 Å². The Bertz CT molecular complexity index is 1760. The van der Waals surface area contributed by atoms with Gasteiger partial charge in [0.25, 0.3) is 5.56 Å². The van der Waals surface area contributed by atoms with Crippen molar-refractivity contribution >= 4 is 22.5 Å². The predicted octanol–water partition coefficient (Wildman–Crippen LogP) is 4.30. The second-order valence-corrected chi connectivity index (χ2v) is 11.3. The minimum Gasteiger partial charge on any atom is -0.444 e. The molecule has 5 aromatic rings. The number of aromatic amines is 1. The number of carbonyl (C=O) groups excluding carboxylic acids is 1. The number of rotatable bonds is 4. The number of amides is 1. The third-order valence-corrected chi connectivity index (χ3v) is 7.18. The van der Waals surface area contributed by atoms with E-state index < -0.39 is 5.60 Å². The Labute approximate surface area is 230 Å². The second kappa shape index (κ2) is 9.89. The summed E-state index contributed by atoms with van der Waals surface area (Å²) in [7, 11) is 0. The van der Waals surface area contributed by atoms with Crippen molar-refractivity contribution in [3.05, 3.63) is 76.5 Å². The van der Waals surface area contributed by atoms with Crippen molar-refractivity contribution in [2.45, 2.75) is 58.6 Å². The highest BCUT2D eigenvalue weighted by Crippen LogP contribution is 2.27. The summed E-state index contributed by atoms with van der Waals surface area (Å²) in [5, 5.41) is 13.2. The van der Waals surface area contributed by atoms with E-state index in [4.69, 9.17) is 9.84 Å². The number of ether oxygens (including phenoxy) is 1. The standard InChI is InChI=1S/C29H32N8O3/c1-18-16-37-26(32-18)21(15-25-30-17-31-33-25)14-24(34-37)20-5-6-23-19(13-20)7-12-36(27(23)38)22-8-10-35(11-9-22)28(39)40-29(2,3)4/h5-7,12-14,16-17,22H,8-11,15H2,1-4H3,(H,30,31,33). The molecule has 206 valence electrons. The fourth-order valence-electron chi connectivity index (χ4n) is 5.29. The molecule has 0 spiro atoms. The van der Waals surface area contributed by atoms with E-state index in [-0.39, 0.29) is 17.7 Å². The number of nitrogens with one attached hydrogen (secondary N) is 1. The zero-order valence-electron chi connectivity index (χ0n) is 23.1. The summed E-state index contributed by atoms with van der Waals surface area (Å²) in [5.74, 6) is 0.746. The van der Waals surface area contributed by atoms with E-state index in [1.54, 1.807) is 9.42 Å². The number of hydrogen-bond acceptors (Lipinski definition) is 7. The zero-order chi connectivity index (χ0) is 28.0. The molecule has 5 heterocycles. The first-order valence-electron chi connectivity index (χ1n) is 13.5. The molecule has 0 unspecified atom stereocenters. The number of pyridine rings is 1. The van der Waals surface area contributed by atoms with Crippen LogP contribution in [-0.2, 0) is 11.2 Å². The monoisotopic (exact) mass is 540 g/mol. The molecule has 6 rings (SSSR count). The van der Waals surface area contributed by atoms with Gasteiger partial charge in [-0.15, -0.1) is 0 Å². The molecule has 0 atom stereocenters. The lowest BCUT2D eigenvalue weighted by molar-refractivity contribution is 0.0187. The molecular formula is C29H32N8O3. The van der Waals surface area contributed by atoms with Gasteiger partial charge < -0.3 is 14.2 Å². The number of aromatic nitrogens is 7. The lowest BCUT2D eigenvalue weighted by Gasteiger charge is -2.34. The summed E-state index contributed by atoms with van der Waals surface area (Å²) in [6, 6.07) is 9.85. The van der Waals surface area contributed by atoms with Gasteiger partial charge in [-0.2, -0.15) is 10.2 Å². The van der Waals surface area contributed by atoms with Crippen LogP contribution in [0, 0.1) is 6.92 Å². The van der Waals surface area contributed by atoms with Gasteiger partial charge in [-0.3, -0.25) is 9.89 Å². The van der Waals surface area contributed by atoms with Crippen molar-refractivity contribution in [2.24, 2.45) is 0 Å². The van der Waals surface area contributed by atoms with Crippen molar-refractivity contribution in [1.29, 1.82) is 0 Å². The number of H-pyrrole nitrogens is 1. The molecule has 1 N–H and O–H groups in total. The molecule has 0 bridgehead atoms. The third-order valence-electron chi connectivity index (χ3n) is 7.18.